The third kappa shape index (κ3) is 3.94. The lowest BCUT2D eigenvalue weighted by molar-refractivity contribution is 0.114. The summed E-state index contributed by atoms with van der Waals surface area (Å²) in [6.07, 6.45) is 0.0853. The summed E-state index contributed by atoms with van der Waals surface area (Å²) in [4.78, 5) is 0. The Hall–Kier alpha value is -1.17. The van der Waals surface area contributed by atoms with E-state index in [9.17, 15) is 4.39 Å². The van der Waals surface area contributed by atoms with E-state index in [2.05, 4.69) is 5.32 Å². The van der Waals surface area contributed by atoms with Crippen LogP contribution in [0.25, 0.3) is 0 Å². The standard InChI is InChI=1S/C13H21FN2O2/c1-9(17-2)8-16-12(7-15)10-4-5-13(18-3)11(14)6-10/h4-6,9,12,16H,7-8,15H2,1-3H3. The predicted molar refractivity (Wildman–Crippen MR) is 69.2 cm³/mol. The molecule has 0 fully saturated rings. The molecule has 0 saturated heterocycles. The van der Waals surface area contributed by atoms with Gasteiger partial charge in [0.25, 0.3) is 0 Å². The van der Waals surface area contributed by atoms with E-state index in [1.54, 1.807) is 13.2 Å². The summed E-state index contributed by atoms with van der Waals surface area (Å²) in [5.41, 5.74) is 6.50. The Kier molecular flexibility index (Phi) is 6.04. The zero-order chi connectivity index (χ0) is 13.5. The highest BCUT2D eigenvalue weighted by molar-refractivity contribution is 5.31. The van der Waals surface area contributed by atoms with Gasteiger partial charge in [0, 0.05) is 26.2 Å². The Morgan fingerprint density at radius 1 is 1.39 bits per heavy atom. The smallest absolute Gasteiger partial charge is 0.165 e. The Labute approximate surface area is 107 Å². The molecule has 0 heterocycles. The minimum Gasteiger partial charge on any atom is -0.494 e. The maximum absolute atomic E-state index is 13.6. The molecule has 0 aliphatic carbocycles. The molecule has 0 amide bonds. The highest BCUT2D eigenvalue weighted by atomic mass is 19.1. The zero-order valence-electron chi connectivity index (χ0n) is 11.1. The van der Waals surface area contributed by atoms with Crippen LogP contribution in [0.15, 0.2) is 18.2 Å². The largest absolute Gasteiger partial charge is 0.494 e. The summed E-state index contributed by atoms with van der Waals surface area (Å²) < 4.78 is 23.6. The van der Waals surface area contributed by atoms with Crippen LogP contribution in [-0.2, 0) is 4.74 Å². The van der Waals surface area contributed by atoms with Gasteiger partial charge in [0.2, 0.25) is 0 Å². The van der Waals surface area contributed by atoms with Crippen molar-refractivity contribution in [2.75, 3.05) is 27.3 Å². The van der Waals surface area contributed by atoms with Crippen molar-refractivity contribution >= 4 is 0 Å². The second kappa shape index (κ2) is 7.31. The van der Waals surface area contributed by atoms with Crippen LogP contribution in [0.5, 0.6) is 5.75 Å². The van der Waals surface area contributed by atoms with Crippen LogP contribution in [0.4, 0.5) is 4.39 Å². The normalized spacial score (nSPS) is 14.3. The van der Waals surface area contributed by atoms with Gasteiger partial charge in [-0.2, -0.15) is 0 Å². The maximum Gasteiger partial charge on any atom is 0.165 e. The van der Waals surface area contributed by atoms with Crippen molar-refractivity contribution in [2.24, 2.45) is 5.73 Å². The van der Waals surface area contributed by atoms with Gasteiger partial charge in [-0.1, -0.05) is 6.07 Å². The monoisotopic (exact) mass is 256 g/mol. The summed E-state index contributed by atoms with van der Waals surface area (Å²) in [5, 5.41) is 3.24. The van der Waals surface area contributed by atoms with E-state index < -0.39 is 0 Å². The van der Waals surface area contributed by atoms with E-state index in [0.717, 1.165) is 5.56 Å². The number of methoxy groups -OCH3 is 2. The first-order valence-electron chi connectivity index (χ1n) is 5.92. The number of nitrogens with two attached hydrogens (primary N) is 1. The van der Waals surface area contributed by atoms with Crippen molar-refractivity contribution in [1.82, 2.24) is 5.32 Å². The van der Waals surface area contributed by atoms with E-state index in [4.69, 9.17) is 15.2 Å². The number of rotatable bonds is 7. The van der Waals surface area contributed by atoms with Crippen molar-refractivity contribution in [3.8, 4) is 5.75 Å². The van der Waals surface area contributed by atoms with Crippen LogP contribution in [-0.4, -0.2) is 33.4 Å². The molecule has 4 nitrogen and oxygen atoms in total. The van der Waals surface area contributed by atoms with Crippen LogP contribution >= 0.6 is 0 Å². The molecule has 0 spiro atoms. The van der Waals surface area contributed by atoms with Crippen LogP contribution in [0, 0.1) is 5.82 Å². The molecule has 0 saturated carbocycles. The fraction of sp³-hybridized carbons (Fsp3) is 0.538. The van der Waals surface area contributed by atoms with Gasteiger partial charge in [-0.25, -0.2) is 4.39 Å². The Balaban J connectivity index is 2.72. The van der Waals surface area contributed by atoms with Crippen molar-refractivity contribution in [1.29, 1.82) is 0 Å². The minimum atomic E-state index is -0.380. The fourth-order valence-electron chi connectivity index (χ4n) is 1.63. The summed E-state index contributed by atoms with van der Waals surface area (Å²) >= 11 is 0. The molecule has 0 bridgehead atoms. The van der Waals surface area contributed by atoms with Gasteiger partial charge in [0.15, 0.2) is 11.6 Å². The van der Waals surface area contributed by atoms with E-state index in [-0.39, 0.29) is 23.7 Å². The third-order valence-electron chi connectivity index (χ3n) is 2.87. The second-order valence-electron chi connectivity index (χ2n) is 4.14. The van der Waals surface area contributed by atoms with Gasteiger partial charge >= 0.3 is 0 Å². The summed E-state index contributed by atoms with van der Waals surface area (Å²) in [6, 6.07) is 4.77. The van der Waals surface area contributed by atoms with Crippen molar-refractivity contribution in [3.63, 3.8) is 0 Å². The third-order valence-corrected chi connectivity index (χ3v) is 2.87. The number of hydrogen-bond acceptors (Lipinski definition) is 4. The topological polar surface area (TPSA) is 56.5 Å². The summed E-state index contributed by atoms with van der Waals surface area (Å²) in [6.45, 7) is 3.00. The van der Waals surface area contributed by atoms with Gasteiger partial charge in [-0.15, -0.1) is 0 Å². The second-order valence-corrected chi connectivity index (χ2v) is 4.14. The summed E-state index contributed by atoms with van der Waals surface area (Å²) in [7, 11) is 3.09. The molecule has 2 atom stereocenters. The first-order chi connectivity index (χ1) is 8.62. The molecule has 0 aliphatic heterocycles. The molecule has 1 rings (SSSR count). The zero-order valence-corrected chi connectivity index (χ0v) is 11.1. The molecule has 102 valence electrons. The number of halogens is 1. The Morgan fingerprint density at radius 2 is 2.11 bits per heavy atom. The highest BCUT2D eigenvalue weighted by Gasteiger charge is 2.13. The SMILES string of the molecule is COc1ccc(C(CN)NCC(C)OC)cc1F. The van der Waals surface area contributed by atoms with Gasteiger partial charge in [0.05, 0.1) is 13.2 Å². The van der Waals surface area contributed by atoms with Gasteiger partial charge in [-0.3, -0.25) is 0 Å². The van der Waals surface area contributed by atoms with Crippen LogP contribution < -0.4 is 15.8 Å². The maximum atomic E-state index is 13.6. The van der Waals surface area contributed by atoms with E-state index in [0.29, 0.717) is 13.1 Å². The summed E-state index contributed by atoms with van der Waals surface area (Å²) in [5.74, 6) is -0.144. The van der Waals surface area contributed by atoms with Crippen LogP contribution in [0.3, 0.4) is 0 Å². The Bertz CT molecular complexity index is 374. The molecule has 1 aromatic carbocycles. The van der Waals surface area contributed by atoms with E-state index >= 15 is 0 Å². The Morgan fingerprint density at radius 3 is 2.61 bits per heavy atom. The van der Waals surface area contributed by atoms with Crippen molar-refractivity contribution < 1.29 is 13.9 Å². The molecule has 0 aliphatic rings. The first-order valence-corrected chi connectivity index (χ1v) is 5.92. The van der Waals surface area contributed by atoms with Crippen molar-refractivity contribution in [2.45, 2.75) is 19.1 Å². The predicted octanol–water partition coefficient (Wildman–Crippen LogP) is 1.46. The quantitative estimate of drug-likeness (QED) is 0.775. The van der Waals surface area contributed by atoms with Crippen LogP contribution in [0.2, 0.25) is 0 Å². The van der Waals surface area contributed by atoms with Gasteiger partial charge in [0.1, 0.15) is 0 Å². The van der Waals surface area contributed by atoms with Gasteiger partial charge in [-0.05, 0) is 24.6 Å². The molecule has 1 aromatic rings. The number of benzene rings is 1. The number of nitrogens with one attached hydrogen (secondary N) is 1. The molecule has 18 heavy (non-hydrogen) atoms. The lowest BCUT2D eigenvalue weighted by Crippen LogP contribution is -2.34. The molecular weight excluding hydrogens is 235 g/mol. The van der Waals surface area contributed by atoms with Gasteiger partial charge < -0.3 is 20.5 Å². The number of hydrogen-bond donors (Lipinski definition) is 2. The van der Waals surface area contributed by atoms with E-state index in [1.807, 2.05) is 13.0 Å². The van der Waals surface area contributed by atoms with E-state index in [1.165, 1.54) is 13.2 Å². The first kappa shape index (κ1) is 14.9. The highest BCUT2D eigenvalue weighted by Crippen LogP contribution is 2.21. The average molecular weight is 256 g/mol. The number of ether oxygens (including phenoxy) is 2. The molecule has 5 heteroatoms. The minimum absolute atomic E-state index is 0.0853. The fourth-order valence-corrected chi connectivity index (χ4v) is 1.63. The molecule has 2 unspecified atom stereocenters. The molecule has 0 aromatic heterocycles. The van der Waals surface area contributed by atoms with Crippen LogP contribution in [0.1, 0.15) is 18.5 Å². The lowest BCUT2D eigenvalue weighted by atomic mass is 10.1. The lowest BCUT2D eigenvalue weighted by Gasteiger charge is -2.20. The van der Waals surface area contributed by atoms with Crippen molar-refractivity contribution in [3.05, 3.63) is 29.6 Å². The molecule has 3 N–H and O–H groups in total. The molecular formula is C13H21FN2O2. The average Bonchev–Trinajstić information content (AvgIpc) is 2.39. The molecule has 0 radical (unpaired) electrons.